The summed E-state index contributed by atoms with van der Waals surface area (Å²) in [5.41, 5.74) is 1.86. The summed E-state index contributed by atoms with van der Waals surface area (Å²) in [7, 11) is 0. The summed E-state index contributed by atoms with van der Waals surface area (Å²) in [6.07, 6.45) is 1.80. The number of hydrogen-bond acceptors (Lipinski definition) is 2. The van der Waals surface area contributed by atoms with Crippen LogP contribution in [0.5, 0.6) is 5.75 Å². The summed E-state index contributed by atoms with van der Waals surface area (Å²) in [6, 6.07) is 14.5. The first-order valence-electron chi connectivity index (χ1n) is 6.56. The Bertz CT molecular complexity index is 624. The predicted octanol–water partition coefficient (Wildman–Crippen LogP) is 4.83. The third-order valence-corrected chi connectivity index (χ3v) is 3.46. The van der Waals surface area contributed by atoms with Crippen molar-refractivity contribution in [1.82, 2.24) is 0 Å². The molecule has 0 bridgehead atoms. The highest BCUT2D eigenvalue weighted by Gasteiger charge is 2.27. The van der Waals surface area contributed by atoms with E-state index >= 15 is 0 Å². The molecule has 0 heterocycles. The fraction of sp³-hybridized carbons (Fsp3) is 0.188. The number of para-hydroxylation sites is 1. The van der Waals surface area contributed by atoms with Crippen LogP contribution in [0.4, 0.5) is 10.5 Å². The fourth-order valence-corrected chi connectivity index (χ4v) is 2.29. The van der Waals surface area contributed by atoms with E-state index in [1.54, 1.807) is 18.2 Å². The molecule has 1 aliphatic rings. The number of carbonyl (C=O) groups is 1. The van der Waals surface area contributed by atoms with E-state index in [0.29, 0.717) is 16.7 Å². The molecule has 1 aliphatic carbocycles. The first kappa shape index (κ1) is 13.0. The highest BCUT2D eigenvalue weighted by Crippen LogP contribution is 2.44. The van der Waals surface area contributed by atoms with Crippen LogP contribution in [0.2, 0.25) is 5.02 Å². The summed E-state index contributed by atoms with van der Waals surface area (Å²) in [6.45, 7) is 0. The van der Waals surface area contributed by atoms with Gasteiger partial charge in [0.2, 0.25) is 0 Å². The zero-order valence-electron chi connectivity index (χ0n) is 10.8. The Hall–Kier alpha value is -2.00. The first-order chi connectivity index (χ1) is 9.72. The maximum absolute atomic E-state index is 11.9. The first-order valence-corrected chi connectivity index (χ1v) is 6.93. The van der Waals surface area contributed by atoms with Crippen molar-refractivity contribution in [1.29, 1.82) is 0 Å². The second-order valence-electron chi connectivity index (χ2n) is 4.83. The van der Waals surface area contributed by atoms with E-state index in [9.17, 15) is 4.79 Å². The van der Waals surface area contributed by atoms with Gasteiger partial charge in [-0.2, -0.15) is 0 Å². The lowest BCUT2D eigenvalue weighted by Crippen LogP contribution is -2.17. The monoisotopic (exact) mass is 287 g/mol. The third kappa shape index (κ3) is 3.11. The number of anilines is 1. The number of nitrogens with one attached hydrogen (secondary N) is 1. The van der Waals surface area contributed by atoms with Gasteiger partial charge in [-0.3, -0.25) is 5.32 Å². The molecule has 2 aromatic rings. The van der Waals surface area contributed by atoms with Gasteiger partial charge in [-0.15, -0.1) is 0 Å². The van der Waals surface area contributed by atoms with Crippen LogP contribution in [0.1, 0.15) is 24.3 Å². The summed E-state index contributed by atoms with van der Waals surface area (Å²) >= 11 is 6.01. The van der Waals surface area contributed by atoms with E-state index < -0.39 is 6.09 Å². The average molecular weight is 288 g/mol. The van der Waals surface area contributed by atoms with E-state index in [0.717, 1.165) is 24.1 Å². The van der Waals surface area contributed by atoms with E-state index in [-0.39, 0.29) is 0 Å². The summed E-state index contributed by atoms with van der Waals surface area (Å²) in [5.74, 6) is 1.02. The Morgan fingerprint density at radius 1 is 1.15 bits per heavy atom. The molecule has 1 saturated carbocycles. The molecule has 0 aliphatic heterocycles. The molecule has 0 radical (unpaired) electrons. The summed E-state index contributed by atoms with van der Waals surface area (Å²) in [5, 5.41) is 3.48. The molecule has 2 aromatic carbocycles. The molecule has 20 heavy (non-hydrogen) atoms. The maximum Gasteiger partial charge on any atom is 0.417 e. The molecule has 1 fully saturated rings. The van der Waals surface area contributed by atoms with Crippen LogP contribution in [0.25, 0.3) is 0 Å². The normalized spacial score (nSPS) is 13.8. The SMILES string of the molecule is O=C(Nc1ccc(Cl)cc1C1CC1)Oc1ccccc1. The third-order valence-electron chi connectivity index (χ3n) is 3.22. The van der Waals surface area contributed by atoms with Crippen molar-refractivity contribution in [2.24, 2.45) is 0 Å². The van der Waals surface area contributed by atoms with Crippen LogP contribution < -0.4 is 10.1 Å². The van der Waals surface area contributed by atoms with Crippen molar-refractivity contribution >= 4 is 23.4 Å². The molecule has 1 N–H and O–H groups in total. The van der Waals surface area contributed by atoms with Gasteiger partial charge >= 0.3 is 6.09 Å². The second kappa shape index (κ2) is 5.55. The zero-order chi connectivity index (χ0) is 13.9. The van der Waals surface area contributed by atoms with Gasteiger partial charge < -0.3 is 4.74 Å². The van der Waals surface area contributed by atoms with Gasteiger partial charge in [0, 0.05) is 10.7 Å². The van der Waals surface area contributed by atoms with Crippen LogP contribution in [0, 0.1) is 0 Å². The number of halogens is 1. The Labute approximate surface area is 122 Å². The van der Waals surface area contributed by atoms with Crippen LogP contribution in [-0.2, 0) is 0 Å². The van der Waals surface area contributed by atoms with Crippen molar-refractivity contribution in [2.75, 3.05) is 5.32 Å². The smallest absolute Gasteiger partial charge is 0.410 e. The van der Waals surface area contributed by atoms with Gasteiger partial charge in [-0.25, -0.2) is 4.79 Å². The minimum atomic E-state index is -0.486. The molecule has 3 rings (SSSR count). The fourth-order valence-electron chi connectivity index (χ4n) is 2.11. The molecule has 3 nitrogen and oxygen atoms in total. The lowest BCUT2D eigenvalue weighted by atomic mass is 10.1. The van der Waals surface area contributed by atoms with Gasteiger partial charge in [0.1, 0.15) is 5.75 Å². The standard InChI is InChI=1S/C16H14ClNO2/c17-12-8-9-15(14(10-12)11-6-7-11)18-16(19)20-13-4-2-1-3-5-13/h1-5,8-11H,6-7H2,(H,18,19). The van der Waals surface area contributed by atoms with Crippen LogP contribution in [0.15, 0.2) is 48.5 Å². The summed E-state index contributed by atoms with van der Waals surface area (Å²) in [4.78, 5) is 11.9. The molecule has 0 aromatic heterocycles. The Morgan fingerprint density at radius 3 is 2.60 bits per heavy atom. The molecular weight excluding hydrogens is 274 g/mol. The lowest BCUT2D eigenvalue weighted by Gasteiger charge is -2.11. The molecule has 0 atom stereocenters. The minimum Gasteiger partial charge on any atom is -0.410 e. The van der Waals surface area contributed by atoms with E-state index in [2.05, 4.69) is 5.32 Å². The highest BCUT2D eigenvalue weighted by molar-refractivity contribution is 6.30. The van der Waals surface area contributed by atoms with Crippen molar-refractivity contribution < 1.29 is 9.53 Å². The van der Waals surface area contributed by atoms with E-state index in [4.69, 9.17) is 16.3 Å². The molecule has 0 saturated heterocycles. The van der Waals surface area contributed by atoms with Gasteiger partial charge in [-0.1, -0.05) is 29.8 Å². The van der Waals surface area contributed by atoms with Gasteiger partial charge in [0.05, 0.1) is 0 Å². The number of amides is 1. The minimum absolute atomic E-state index is 0.486. The molecular formula is C16H14ClNO2. The van der Waals surface area contributed by atoms with Crippen LogP contribution >= 0.6 is 11.6 Å². The van der Waals surface area contributed by atoms with Crippen LogP contribution in [-0.4, -0.2) is 6.09 Å². The zero-order valence-corrected chi connectivity index (χ0v) is 11.6. The molecule has 4 heteroatoms. The molecule has 0 spiro atoms. The number of carbonyl (C=O) groups excluding carboxylic acids is 1. The number of rotatable bonds is 3. The van der Waals surface area contributed by atoms with Gasteiger partial charge in [0.15, 0.2) is 0 Å². The largest absolute Gasteiger partial charge is 0.417 e. The van der Waals surface area contributed by atoms with E-state index in [1.165, 1.54) is 0 Å². The topological polar surface area (TPSA) is 38.3 Å². The second-order valence-corrected chi connectivity index (χ2v) is 5.27. The summed E-state index contributed by atoms with van der Waals surface area (Å²) < 4.78 is 5.22. The Morgan fingerprint density at radius 2 is 1.90 bits per heavy atom. The lowest BCUT2D eigenvalue weighted by molar-refractivity contribution is 0.215. The highest BCUT2D eigenvalue weighted by atomic mass is 35.5. The average Bonchev–Trinajstić information content (AvgIpc) is 3.26. The quantitative estimate of drug-likeness (QED) is 0.878. The van der Waals surface area contributed by atoms with Crippen molar-refractivity contribution in [3.8, 4) is 5.75 Å². The maximum atomic E-state index is 11.9. The molecule has 0 unspecified atom stereocenters. The molecule has 1 amide bonds. The number of ether oxygens (including phenoxy) is 1. The Kier molecular flexibility index (Phi) is 3.61. The van der Waals surface area contributed by atoms with Gasteiger partial charge in [0.25, 0.3) is 0 Å². The predicted molar refractivity (Wildman–Crippen MR) is 79.5 cm³/mol. The van der Waals surface area contributed by atoms with Gasteiger partial charge in [-0.05, 0) is 54.7 Å². The molecule has 102 valence electrons. The van der Waals surface area contributed by atoms with Crippen molar-refractivity contribution in [3.63, 3.8) is 0 Å². The van der Waals surface area contributed by atoms with Crippen molar-refractivity contribution in [3.05, 3.63) is 59.1 Å². The van der Waals surface area contributed by atoms with Crippen LogP contribution in [0.3, 0.4) is 0 Å². The number of benzene rings is 2. The van der Waals surface area contributed by atoms with E-state index in [1.807, 2.05) is 30.3 Å². The Balaban J connectivity index is 1.73. The number of hydrogen-bond donors (Lipinski definition) is 1. The van der Waals surface area contributed by atoms with Crippen molar-refractivity contribution in [2.45, 2.75) is 18.8 Å².